The minimum Gasteiger partial charge on any atom is -0.366 e. The minimum absolute atomic E-state index is 0.158. The largest absolute Gasteiger partial charge is 0.366 e. The average molecular weight is 457 g/mol. The first-order chi connectivity index (χ1) is 13.7. The van der Waals surface area contributed by atoms with Crippen molar-refractivity contribution in [1.29, 1.82) is 0 Å². The highest BCUT2D eigenvalue weighted by Gasteiger charge is 2.32. The molecule has 1 saturated heterocycles. The maximum Gasteiger partial charge on any atom is 0.121 e. The van der Waals surface area contributed by atoms with E-state index in [9.17, 15) is 0 Å². The number of thioether (sulfide) groups is 1. The van der Waals surface area contributed by atoms with Crippen molar-refractivity contribution < 1.29 is 4.48 Å². The fourth-order valence-corrected chi connectivity index (χ4v) is 5.31. The van der Waals surface area contributed by atoms with Crippen molar-refractivity contribution >= 4 is 46.3 Å². The first-order valence-corrected chi connectivity index (χ1v) is 12.0. The van der Waals surface area contributed by atoms with Crippen LogP contribution in [0.15, 0.2) is 35.4 Å². The van der Waals surface area contributed by atoms with Crippen molar-refractivity contribution in [3.05, 3.63) is 45.4 Å². The molecule has 7 heteroatoms. The predicted molar refractivity (Wildman–Crippen MR) is 130 cm³/mol. The number of quaternary nitrogens is 1. The summed E-state index contributed by atoms with van der Waals surface area (Å²) < 4.78 is 0.967. The fourth-order valence-electron chi connectivity index (χ4n) is 3.90. The highest BCUT2D eigenvalue weighted by atomic mass is 35.5. The second-order valence-electron chi connectivity index (χ2n) is 8.66. The van der Waals surface area contributed by atoms with Crippen LogP contribution in [0.4, 0.5) is 11.4 Å². The maximum atomic E-state index is 6.37. The van der Waals surface area contributed by atoms with Gasteiger partial charge < -0.3 is 19.2 Å². The lowest BCUT2D eigenvalue weighted by Gasteiger charge is -2.30. The third kappa shape index (κ3) is 5.38. The van der Waals surface area contributed by atoms with Crippen molar-refractivity contribution in [2.24, 2.45) is 0 Å². The molecule has 0 saturated carbocycles. The van der Waals surface area contributed by atoms with Gasteiger partial charge in [0.25, 0.3) is 0 Å². The van der Waals surface area contributed by atoms with Crippen molar-refractivity contribution in [2.45, 2.75) is 19.5 Å². The average Bonchev–Trinajstić information content (AvgIpc) is 3.19. The van der Waals surface area contributed by atoms with E-state index in [1.54, 1.807) is 0 Å². The van der Waals surface area contributed by atoms with Crippen LogP contribution < -0.4 is 9.80 Å². The molecule has 0 spiro atoms. The normalized spacial score (nSPS) is 21.1. The quantitative estimate of drug-likeness (QED) is 0.526. The molecule has 0 bridgehead atoms. The van der Waals surface area contributed by atoms with Crippen LogP contribution in [0.3, 0.4) is 0 Å². The van der Waals surface area contributed by atoms with Crippen LogP contribution in [-0.4, -0.2) is 75.7 Å². The Bertz CT molecular complexity index is 788. The molecule has 1 unspecified atom stereocenters. The van der Waals surface area contributed by atoms with Crippen LogP contribution >= 0.6 is 35.0 Å². The number of likely N-dealkylation sites (N-methyl/N-ethyl adjacent to an activating group) is 1. The van der Waals surface area contributed by atoms with Crippen LogP contribution in [0.2, 0.25) is 10.0 Å². The SMILES string of the molecule is CCN1CCS/C1=C/C=C/C1N(C)c2cc(Cl)c(Cl)cc2N1CCC[N+](C)(C)C. The molecule has 1 atom stereocenters. The molecule has 160 valence electrons. The number of halogens is 2. The summed E-state index contributed by atoms with van der Waals surface area (Å²) in [7, 11) is 8.85. The molecule has 2 aliphatic rings. The van der Waals surface area contributed by atoms with Gasteiger partial charge >= 0.3 is 0 Å². The molecular formula is C22H33Cl2N4S+. The van der Waals surface area contributed by atoms with Crippen LogP contribution in [0.1, 0.15) is 13.3 Å². The van der Waals surface area contributed by atoms with E-state index in [0.717, 1.165) is 48.5 Å². The molecule has 0 amide bonds. The van der Waals surface area contributed by atoms with Gasteiger partial charge in [0, 0.05) is 38.9 Å². The fraction of sp³-hybridized carbons (Fsp3) is 0.545. The van der Waals surface area contributed by atoms with Crippen molar-refractivity contribution in [3.8, 4) is 0 Å². The molecular weight excluding hydrogens is 423 g/mol. The zero-order valence-electron chi connectivity index (χ0n) is 18.2. The van der Waals surface area contributed by atoms with Crippen molar-refractivity contribution in [3.63, 3.8) is 0 Å². The number of allylic oxidation sites excluding steroid dienone is 2. The summed E-state index contributed by atoms with van der Waals surface area (Å²) in [6.45, 7) is 6.53. The third-order valence-electron chi connectivity index (χ3n) is 5.48. The third-order valence-corrected chi connectivity index (χ3v) is 7.28. The van der Waals surface area contributed by atoms with Gasteiger partial charge in [0.15, 0.2) is 0 Å². The number of rotatable bonds is 7. The minimum atomic E-state index is 0.158. The first-order valence-electron chi connectivity index (χ1n) is 10.3. The summed E-state index contributed by atoms with van der Waals surface area (Å²) in [6, 6.07) is 4.00. The molecule has 1 aromatic rings. The number of benzene rings is 1. The van der Waals surface area contributed by atoms with Gasteiger partial charge in [-0.1, -0.05) is 29.3 Å². The van der Waals surface area contributed by atoms with Gasteiger partial charge in [-0.25, -0.2) is 0 Å². The van der Waals surface area contributed by atoms with Crippen LogP contribution in [-0.2, 0) is 0 Å². The first kappa shape index (κ1) is 22.7. The van der Waals surface area contributed by atoms with E-state index in [1.807, 2.05) is 23.9 Å². The summed E-state index contributed by atoms with van der Waals surface area (Å²) in [6.07, 6.45) is 8.02. The zero-order chi connectivity index (χ0) is 21.2. The molecule has 0 aromatic heterocycles. The Hall–Kier alpha value is -1.01. The predicted octanol–water partition coefficient (Wildman–Crippen LogP) is 5.14. The van der Waals surface area contributed by atoms with Gasteiger partial charge in [-0.3, -0.25) is 0 Å². The highest BCUT2D eigenvalue weighted by molar-refractivity contribution is 8.03. The van der Waals surface area contributed by atoms with E-state index in [2.05, 4.69) is 68.0 Å². The summed E-state index contributed by atoms with van der Waals surface area (Å²) in [5.74, 6) is 1.18. The lowest BCUT2D eigenvalue weighted by Crippen LogP contribution is -2.42. The second-order valence-corrected chi connectivity index (χ2v) is 10.6. The van der Waals surface area contributed by atoms with Crippen molar-refractivity contribution in [1.82, 2.24) is 4.90 Å². The van der Waals surface area contributed by atoms with Gasteiger partial charge in [0.05, 0.1) is 54.1 Å². The molecule has 0 aliphatic carbocycles. The molecule has 0 radical (unpaired) electrons. The van der Waals surface area contributed by atoms with E-state index < -0.39 is 0 Å². The van der Waals surface area contributed by atoms with Crippen molar-refractivity contribution in [2.75, 3.05) is 69.9 Å². The van der Waals surface area contributed by atoms with Gasteiger partial charge in [0.1, 0.15) is 6.17 Å². The second kappa shape index (κ2) is 9.42. The van der Waals surface area contributed by atoms with E-state index in [0.29, 0.717) is 10.0 Å². The molecule has 2 heterocycles. The molecule has 4 nitrogen and oxygen atoms in total. The van der Waals surface area contributed by atoms with Crippen LogP contribution in [0.5, 0.6) is 0 Å². The molecule has 1 aromatic carbocycles. The Labute approximate surface area is 190 Å². The molecule has 1 fully saturated rings. The number of anilines is 2. The number of hydrogen-bond acceptors (Lipinski definition) is 4. The standard InChI is InChI=1S/C22H33Cl2N4S/c1-6-26-12-14-29-22(26)10-7-9-21-25(2)19-15-17(23)18(24)16-20(19)27(21)11-8-13-28(3,4)5/h7,9-10,15-16,21H,6,8,11-14H2,1-5H3/q+1/b9-7+,22-10+. The Kier molecular flexibility index (Phi) is 7.36. The lowest BCUT2D eigenvalue weighted by molar-refractivity contribution is -0.870. The molecule has 3 rings (SSSR count). The number of hydrogen-bond donors (Lipinski definition) is 0. The van der Waals surface area contributed by atoms with Gasteiger partial charge in [-0.05, 0) is 31.2 Å². The highest BCUT2D eigenvalue weighted by Crippen LogP contribution is 2.43. The Morgan fingerprint density at radius 1 is 1.17 bits per heavy atom. The van der Waals surface area contributed by atoms with Gasteiger partial charge in [0.2, 0.25) is 0 Å². The summed E-state index contributed by atoms with van der Waals surface area (Å²) in [5.41, 5.74) is 2.30. The van der Waals surface area contributed by atoms with Crippen LogP contribution in [0, 0.1) is 0 Å². The van der Waals surface area contributed by atoms with E-state index in [1.165, 1.54) is 10.8 Å². The molecule has 0 N–H and O–H groups in total. The zero-order valence-corrected chi connectivity index (χ0v) is 20.5. The summed E-state index contributed by atoms with van der Waals surface area (Å²) >= 11 is 14.6. The van der Waals surface area contributed by atoms with Gasteiger partial charge in [-0.15, -0.1) is 11.8 Å². The van der Waals surface area contributed by atoms with Gasteiger partial charge in [-0.2, -0.15) is 0 Å². The van der Waals surface area contributed by atoms with E-state index in [4.69, 9.17) is 23.2 Å². The maximum absolute atomic E-state index is 6.37. The summed E-state index contributed by atoms with van der Waals surface area (Å²) in [5, 5.41) is 2.59. The van der Waals surface area contributed by atoms with Crippen LogP contribution in [0.25, 0.3) is 0 Å². The molecule has 2 aliphatic heterocycles. The van der Waals surface area contributed by atoms with E-state index >= 15 is 0 Å². The summed E-state index contributed by atoms with van der Waals surface area (Å²) in [4.78, 5) is 7.17. The Morgan fingerprint density at radius 3 is 2.52 bits per heavy atom. The topological polar surface area (TPSA) is 9.72 Å². The van der Waals surface area contributed by atoms with E-state index in [-0.39, 0.29) is 6.17 Å². The number of fused-ring (bicyclic) bond motifs is 1. The number of nitrogens with zero attached hydrogens (tertiary/aromatic N) is 4. The lowest BCUT2D eigenvalue weighted by atomic mass is 10.2. The smallest absolute Gasteiger partial charge is 0.121 e. The monoisotopic (exact) mass is 455 g/mol. The Morgan fingerprint density at radius 2 is 1.86 bits per heavy atom. The Balaban J connectivity index is 1.83. The molecule has 29 heavy (non-hydrogen) atoms.